The molecule has 0 atom stereocenters. The molecule has 0 aliphatic heterocycles. The van der Waals surface area contributed by atoms with Crippen molar-refractivity contribution < 1.29 is 9.64 Å². The van der Waals surface area contributed by atoms with E-state index in [2.05, 4.69) is 49.6 Å². The highest BCUT2D eigenvalue weighted by Gasteiger charge is 2.12. The summed E-state index contributed by atoms with van der Waals surface area (Å²) in [6.45, 7) is 12.2. The van der Waals surface area contributed by atoms with Crippen molar-refractivity contribution in [2.75, 3.05) is 26.2 Å². The number of hydrogen-bond donors (Lipinski definition) is 2. The maximum atomic E-state index is 8.70. The van der Waals surface area contributed by atoms with E-state index in [9.17, 15) is 0 Å². The van der Waals surface area contributed by atoms with Crippen LogP contribution in [-0.4, -0.2) is 35.4 Å². The van der Waals surface area contributed by atoms with Gasteiger partial charge in [0.2, 0.25) is 5.62 Å². The number of fused-ring (bicyclic) bond motifs is 1. The van der Waals surface area contributed by atoms with Crippen molar-refractivity contribution in [1.82, 2.24) is 9.13 Å². The minimum absolute atomic E-state index is 0.473. The Morgan fingerprint density at radius 1 is 0.828 bits per heavy atom. The molecule has 0 amide bonds. The van der Waals surface area contributed by atoms with Crippen molar-refractivity contribution in [3.63, 3.8) is 0 Å². The number of para-hydroxylation sites is 2. The van der Waals surface area contributed by atoms with Gasteiger partial charge < -0.3 is 14.2 Å². The molecule has 1 aromatic heterocycles. The second-order valence-electron chi connectivity index (χ2n) is 8.11. The van der Waals surface area contributed by atoms with Crippen LogP contribution in [0.15, 0.2) is 24.3 Å². The van der Waals surface area contributed by atoms with Crippen LogP contribution in [0.2, 0.25) is 0 Å². The zero-order valence-corrected chi connectivity index (χ0v) is 19.0. The minimum Gasteiger partial charge on any atom is -0.361 e. The molecule has 0 aliphatic carbocycles. The summed E-state index contributed by atoms with van der Waals surface area (Å²) < 4.78 is 10.1. The number of unbranched alkanes of at least 4 members (excludes halogenated alkanes) is 7. The lowest BCUT2D eigenvalue weighted by Crippen LogP contribution is -3.11. The molecule has 0 unspecified atom stereocenters. The average molecular weight is 404 g/mol. The Kier molecular flexibility index (Phi) is 11.1. The van der Waals surface area contributed by atoms with Crippen LogP contribution < -0.4 is 10.5 Å². The van der Waals surface area contributed by atoms with Crippen LogP contribution >= 0.6 is 0 Å². The number of quaternary nitrogens is 1. The number of benzene rings is 1. The summed E-state index contributed by atoms with van der Waals surface area (Å²) >= 11 is 0. The molecule has 0 radical (unpaired) electrons. The molecule has 1 heterocycles. The van der Waals surface area contributed by atoms with E-state index in [1.54, 1.807) is 4.90 Å². The molecule has 0 saturated heterocycles. The Labute approximate surface area is 177 Å². The molecule has 5 heteroatoms. The lowest BCUT2D eigenvalue weighted by molar-refractivity contribution is -0.897. The Balaban J connectivity index is 1.84. The molecule has 164 valence electrons. The highest BCUT2D eigenvalue weighted by atomic mass is 16.5. The highest BCUT2D eigenvalue weighted by molar-refractivity contribution is 5.75. The zero-order chi connectivity index (χ0) is 20.9. The predicted molar refractivity (Wildman–Crippen MR) is 121 cm³/mol. The molecule has 0 fully saturated rings. The monoisotopic (exact) mass is 403 g/mol. The first kappa shape index (κ1) is 23.7. The van der Waals surface area contributed by atoms with Gasteiger partial charge in [0, 0.05) is 6.61 Å². The molecule has 0 saturated carbocycles. The fourth-order valence-corrected chi connectivity index (χ4v) is 4.02. The molecule has 0 aliphatic rings. The summed E-state index contributed by atoms with van der Waals surface area (Å²) in [5.41, 5.74) is 2.79. The van der Waals surface area contributed by atoms with E-state index in [-0.39, 0.29) is 0 Å². The second-order valence-corrected chi connectivity index (χ2v) is 8.11. The quantitative estimate of drug-likeness (QED) is 0.410. The molecule has 2 rings (SSSR count). The maximum absolute atomic E-state index is 8.70. The number of aromatic nitrogens is 2. The van der Waals surface area contributed by atoms with E-state index in [0.717, 1.165) is 50.2 Å². The number of nitrogens with zero attached hydrogens (tertiary/aromatic N) is 2. The summed E-state index contributed by atoms with van der Waals surface area (Å²) in [6.07, 6.45) is 10.5. The van der Waals surface area contributed by atoms with Gasteiger partial charge in [0.1, 0.15) is 6.73 Å². The largest absolute Gasteiger partial charge is 0.361 e. The van der Waals surface area contributed by atoms with Crippen molar-refractivity contribution in [1.29, 1.82) is 5.41 Å². The zero-order valence-electron chi connectivity index (χ0n) is 19.0. The number of rotatable bonds is 16. The first-order chi connectivity index (χ1) is 14.2. The summed E-state index contributed by atoms with van der Waals surface area (Å²) in [7, 11) is 0. The van der Waals surface area contributed by atoms with Crippen molar-refractivity contribution in [2.24, 2.45) is 0 Å². The number of hydrogen-bond acceptors (Lipinski definition) is 2. The Morgan fingerprint density at radius 3 is 2.03 bits per heavy atom. The lowest BCUT2D eigenvalue weighted by Gasteiger charge is -2.15. The van der Waals surface area contributed by atoms with Gasteiger partial charge in [0.05, 0.1) is 37.2 Å². The van der Waals surface area contributed by atoms with E-state index < -0.39 is 0 Å². The smallest absolute Gasteiger partial charge is 0.205 e. The van der Waals surface area contributed by atoms with Crippen LogP contribution in [0.3, 0.4) is 0 Å². The first-order valence-corrected chi connectivity index (χ1v) is 11.9. The van der Waals surface area contributed by atoms with Gasteiger partial charge in [-0.25, -0.2) is 0 Å². The third-order valence-corrected chi connectivity index (χ3v) is 6.03. The number of likely N-dealkylation sites (N-methyl/N-ethyl adjacent to an activating group) is 1. The van der Waals surface area contributed by atoms with E-state index in [1.165, 1.54) is 44.9 Å². The van der Waals surface area contributed by atoms with E-state index >= 15 is 0 Å². The van der Waals surface area contributed by atoms with Crippen molar-refractivity contribution in [2.45, 2.75) is 85.4 Å². The minimum atomic E-state index is 0.473. The molecule has 5 nitrogen and oxygen atoms in total. The number of ether oxygens (including phenoxy) is 1. The molecule has 29 heavy (non-hydrogen) atoms. The topological polar surface area (TPSA) is 47.4 Å². The summed E-state index contributed by atoms with van der Waals surface area (Å²) in [5, 5.41) is 8.70. The van der Waals surface area contributed by atoms with Gasteiger partial charge in [-0.05, 0) is 32.4 Å². The average Bonchev–Trinajstić information content (AvgIpc) is 3.01. The van der Waals surface area contributed by atoms with Crippen molar-refractivity contribution in [3.05, 3.63) is 29.9 Å². The van der Waals surface area contributed by atoms with E-state index in [0.29, 0.717) is 12.3 Å². The molecule has 0 spiro atoms. The SMILES string of the molecule is CCCCCCCCCCOCn1c(=N)n(CC[NH+](CC)CC)c2ccccc21. The van der Waals surface area contributed by atoms with Crippen LogP contribution in [0.1, 0.15) is 72.1 Å². The van der Waals surface area contributed by atoms with Gasteiger partial charge in [0.15, 0.2) is 0 Å². The lowest BCUT2D eigenvalue weighted by atomic mass is 10.1. The van der Waals surface area contributed by atoms with E-state index in [1.807, 2.05) is 4.57 Å². The van der Waals surface area contributed by atoms with Crippen LogP contribution in [0.25, 0.3) is 11.0 Å². The standard InChI is InChI=1S/C24H42N4O/c1-4-7-8-9-10-11-12-15-20-29-21-28-23-17-14-13-16-22(23)27(24(28)25)19-18-26(5-2)6-3/h13-14,16-17,25H,4-12,15,18-21H2,1-3H3/p+1. The Morgan fingerprint density at radius 2 is 1.41 bits per heavy atom. The molecule has 1 aromatic carbocycles. The molecule has 2 aromatic rings. The fraction of sp³-hybridized carbons (Fsp3) is 0.708. The Bertz CT molecular complexity index is 745. The third kappa shape index (κ3) is 7.31. The first-order valence-electron chi connectivity index (χ1n) is 11.9. The third-order valence-electron chi connectivity index (χ3n) is 6.03. The highest BCUT2D eigenvalue weighted by Crippen LogP contribution is 2.13. The van der Waals surface area contributed by atoms with Gasteiger partial charge in [0.25, 0.3) is 0 Å². The fourth-order valence-electron chi connectivity index (χ4n) is 4.02. The summed E-state index contributed by atoms with van der Waals surface area (Å²) in [5.74, 6) is 0. The molecule has 0 bridgehead atoms. The Hall–Kier alpha value is -1.59. The van der Waals surface area contributed by atoms with Gasteiger partial charge in [-0.3, -0.25) is 9.98 Å². The van der Waals surface area contributed by atoms with Crippen LogP contribution in [0.4, 0.5) is 0 Å². The molecule has 2 N–H and O–H groups in total. The van der Waals surface area contributed by atoms with Gasteiger partial charge in [-0.1, -0.05) is 64.0 Å². The van der Waals surface area contributed by atoms with Gasteiger partial charge >= 0.3 is 0 Å². The van der Waals surface area contributed by atoms with Crippen LogP contribution in [0, 0.1) is 5.41 Å². The van der Waals surface area contributed by atoms with Crippen LogP contribution in [0.5, 0.6) is 0 Å². The van der Waals surface area contributed by atoms with Crippen molar-refractivity contribution in [3.8, 4) is 0 Å². The predicted octanol–water partition coefficient (Wildman–Crippen LogP) is 3.96. The van der Waals surface area contributed by atoms with E-state index in [4.69, 9.17) is 10.1 Å². The normalized spacial score (nSPS) is 11.7. The number of imidazole rings is 1. The maximum Gasteiger partial charge on any atom is 0.205 e. The van der Waals surface area contributed by atoms with Gasteiger partial charge in [-0.15, -0.1) is 0 Å². The molecular formula is C24H43N4O+. The van der Waals surface area contributed by atoms with Crippen LogP contribution in [-0.2, 0) is 18.0 Å². The van der Waals surface area contributed by atoms with Gasteiger partial charge in [-0.2, -0.15) is 0 Å². The summed E-state index contributed by atoms with van der Waals surface area (Å²) in [6, 6.07) is 8.35. The second kappa shape index (κ2) is 13.6. The molecular weight excluding hydrogens is 360 g/mol. The van der Waals surface area contributed by atoms with Crippen molar-refractivity contribution >= 4 is 11.0 Å². The number of nitrogens with one attached hydrogen (secondary N) is 2. The summed E-state index contributed by atoms with van der Waals surface area (Å²) in [4.78, 5) is 1.57.